The van der Waals surface area contributed by atoms with E-state index in [9.17, 15) is 19.2 Å². The molecular formula is C24H21N5O4S. The van der Waals surface area contributed by atoms with Crippen LogP contribution >= 0.6 is 11.3 Å². The van der Waals surface area contributed by atoms with E-state index in [0.717, 1.165) is 21.6 Å². The van der Waals surface area contributed by atoms with E-state index in [1.165, 1.54) is 11.3 Å². The van der Waals surface area contributed by atoms with Crippen molar-refractivity contribution in [3.8, 4) is 10.6 Å². The molecule has 0 saturated carbocycles. The Hall–Kier alpha value is -4.05. The van der Waals surface area contributed by atoms with Gasteiger partial charge in [0.1, 0.15) is 22.0 Å². The number of aromatic nitrogens is 1. The highest BCUT2D eigenvalue weighted by molar-refractivity contribution is 7.17. The van der Waals surface area contributed by atoms with Gasteiger partial charge in [-0.2, -0.15) is 0 Å². The number of rotatable bonds is 4. The number of fused-ring (bicyclic) bond motifs is 2. The number of thiazole rings is 1. The van der Waals surface area contributed by atoms with Crippen molar-refractivity contribution in [3.63, 3.8) is 0 Å². The molecule has 10 heteroatoms. The maximum absolute atomic E-state index is 13.1. The van der Waals surface area contributed by atoms with Crippen LogP contribution in [-0.4, -0.2) is 40.2 Å². The SMILES string of the molecule is Cc1nc(-c2ccccc2)sc1C(=O)NNC(=O)CN1C(=O)N[C@@]2(CCc3ccccc32)C1=O. The first-order valence-corrected chi connectivity index (χ1v) is 11.6. The predicted octanol–water partition coefficient (Wildman–Crippen LogP) is 2.27. The van der Waals surface area contributed by atoms with Gasteiger partial charge < -0.3 is 5.32 Å². The quantitative estimate of drug-likeness (QED) is 0.395. The van der Waals surface area contributed by atoms with Crippen LogP contribution in [-0.2, 0) is 21.5 Å². The van der Waals surface area contributed by atoms with E-state index in [4.69, 9.17) is 0 Å². The fourth-order valence-electron chi connectivity index (χ4n) is 4.41. The lowest BCUT2D eigenvalue weighted by atomic mass is 9.92. The molecule has 1 spiro atoms. The van der Waals surface area contributed by atoms with Gasteiger partial charge in [0.15, 0.2) is 0 Å². The Morgan fingerprint density at radius 1 is 1.09 bits per heavy atom. The molecule has 34 heavy (non-hydrogen) atoms. The summed E-state index contributed by atoms with van der Waals surface area (Å²) in [6.45, 7) is 1.21. The molecule has 1 aromatic heterocycles. The van der Waals surface area contributed by atoms with Crippen molar-refractivity contribution < 1.29 is 19.2 Å². The molecule has 2 heterocycles. The van der Waals surface area contributed by atoms with Crippen molar-refractivity contribution in [2.75, 3.05) is 6.54 Å². The number of nitrogens with zero attached hydrogens (tertiary/aromatic N) is 2. The summed E-state index contributed by atoms with van der Waals surface area (Å²) >= 11 is 1.21. The highest BCUT2D eigenvalue weighted by atomic mass is 32.1. The third-order valence-electron chi connectivity index (χ3n) is 6.06. The van der Waals surface area contributed by atoms with Gasteiger partial charge >= 0.3 is 6.03 Å². The van der Waals surface area contributed by atoms with Gasteiger partial charge in [-0.25, -0.2) is 9.78 Å². The summed E-state index contributed by atoms with van der Waals surface area (Å²) in [6.07, 6.45) is 1.11. The molecular weight excluding hydrogens is 454 g/mol. The number of benzene rings is 2. The van der Waals surface area contributed by atoms with Crippen LogP contribution in [0.5, 0.6) is 0 Å². The molecule has 0 bridgehead atoms. The summed E-state index contributed by atoms with van der Waals surface area (Å²) in [4.78, 5) is 56.5. The standard InChI is InChI=1S/C24H21N5O4S/c1-14-19(34-21(25-14)16-8-3-2-4-9-16)20(31)28-27-18(30)13-29-22(32)24(26-23(29)33)12-11-15-7-5-6-10-17(15)24/h2-10H,11-13H2,1H3,(H,26,33)(H,27,30)(H,28,31)/t24-/m1/s1. The van der Waals surface area contributed by atoms with Gasteiger partial charge in [0, 0.05) is 5.56 Å². The molecule has 1 fully saturated rings. The molecule has 9 nitrogen and oxygen atoms in total. The van der Waals surface area contributed by atoms with Gasteiger partial charge in [0.2, 0.25) is 0 Å². The fraction of sp³-hybridized carbons (Fsp3) is 0.208. The average molecular weight is 476 g/mol. The number of nitrogens with one attached hydrogen (secondary N) is 3. The molecule has 0 radical (unpaired) electrons. The van der Waals surface area contributed by atoms with E-state index in [1.54, 1.807) is 6.92 Å². The number of urea groups is 1. The molecule has 172 valence electrons. The minimum atomic E-state index is -1.13. The van der Waals surface area contributed by atoms with Crippen molar-refractivity contribution in [1.29, 1.82) is 0 Å². The normalized spacial score (nSPS) is 18.7. The monoisotopic (exact) mass is 475 g/mol. The number of carbonyl (C=O) groups is 4. The van der Waals surface area contributed by atoms with Gasteiger partial charge in [0.05, 0.1) is 5.69 Å². The van der Waals surface area contributed by atoms with Crippen LogP contribution < -0.4 is 16.2 Å². The van der Waals surface area contributed by atoms with Crippen LogP contribution in [0.25, 0.3) is 10.6 Å². The summed E-state index contributed by atoms with van der Waals surface area (Å²) in [5.74, 6) is -1.68. The summed E-state index contributed by atoms with van der Waals surface area (Å²) in [5.41, 5.74) is 6.69. The van der Waals surface area contributed by atoms with Crippen LogP contribution in [0.15, 0.2) is 54.6 Å². The lowest BCUT2D eigenvalue weighted by Gasteiger charge is -2.22. The minimum Gasteiger partial charge on any atom is -0.319 e. The van der Waals surface area contributed by atoms with Gasteiger partial charge in [-0.05, 0) is 30.9 Å². The van der Waals surface area contributed by atoms with Crippen molar-refractivity contribution >= 4 is 35.1 Å². The first kappa shape index (κ1) is 21.8. The van der Waals surface area contributed by atoms with E-state index in [0.29, 0.717) is 28.4 Å². The zero-order valence-electron chi connectivity index (χ0n) is 18.3. The molecule has 0 unspecified atom stereocenters. The zero-order chi connectivity index (χ0) is 23.9. The minimum absolute atomic E-state index is 0.357. The Balaban J connectivity index is 1.23. The molecule has 1 aliphatic heterocycles. The van der Waals surface area contributed by atoms with Gasteiger partial charge in [-0.1, -0.05) is 54.6 Å². The topological polar surface area (TPSA) is 120 Å². The van der Waals surface area contributed by atoms with E-state index < -0.39 is 35.8 Å². The molecule has 3 aromatic rings. The number of hydrogen-bond acceptors (Lipinski definition) is 6. The highest BCUT2D eigenvalue weighted by Crippen LogP contribution is 2.41. The molecule has 1 aliphatic carbocycles. The predicted molar refractivity (Wildman–Crippen MR) is 125 cm³/mol. The van der Waals surface area contributed by atoms with E-state index in [1.807, 2.05) is 54.6 Å². The van der Waals surface area contributed by atoms with E-state index >= 15 is 0 Å². The second kappa shape index (κ2) is 8.38. The number of hydrazine groups is 1. The number of aryl methyl sites for hydroxylation is 2. The van der Waals surface area contributed by atoms with Crippen LogP contribution in [0.2, 0.25) is 0 Å². The maximum Gasteiger partial charge on any atom is 0.325 e. The van der Waals surface area contributed by atoms with Crippen molar-refractivity contribution in [2.24, 2.45) is 0 Å². The lowest BCUT2D eigenvalue weighted by Crippen LogP contribution is -2.48. The molecule has 3 N–H and O–H groups in total. The first-order chi connectivity index (χ1) is 16.4. The summed E-state index contributed by atoms with van der Waals surface area (Å²) in [7, 11) is 0. The molecule has 2 aromatic carbocycles. The van der Waals surface area contributed by atoms with E-state index in [-0.39, 0.29) is 0 Å². The molecule has 1 atom stereocenters. The second-order valence-electron chi connectivity index (χ2n) is 8.19. The zero-order valence-corrected chi connectivity index (χ0v) is 19.1. The van der Waals surface area contributed by atoms with Crippen molar-refractivity contribution in [2.45, 2.75) is 25.3 Å². The highest BCUT2D eigenvalue weighted by Gasteiger charge is 2.55. The number of hydrogen-bond donors (Lipinski definition) is 3. The van der Waals surface area contributed by atoms with Gasteiger partial charge in [-0.3, -0.25) is 30.1 Å². The number of imide groups is 1. The van der Waals surface area contributed by atoms with Crippen LogP contribution in [0.1, 0.15) is 32.9 Å². The number of carbonyl (C=O) groups excluding carboxylic acids is 4. The molecule has 5 rings (SSSR count). The average Bonchev–Trinajstić information content (AvgIpc) is 3.49. The smallest absolute Gasteiger partial charge is 0.319 e. The Morgan fingerprint density at radius 2 is 1.82 bits per heavy atom. The summed E-state index contributed by atoms with van der Waals surface area (Å²) < 4.78 is 0. The van der Waals surface area contributed by atoms with Crippen LogP contribution in [0.4, 0.5) is 4.79 Å². The fourth-order valence-corrected chi connectivity index (χ4v) is 5.38. The first-order valence-electron chi connectivity index (χ1n) is 10.7. The third kappa shape index (κ3) is 3.61. The lowest BCUT2D eigenvalue weighted by molar-refractivity contribution is -0.135. The summed E-state index contributed by atoms with van der Waals surface area (Å²) in [5, 5.41) is 3.46. The molecule has 1 saturated heterocycles. The molecule has 2 aliphatic rings. The maximum atomic E-state index is 13.1. The van der Waals surface area contributed by atoms with Crippen LogP contribution in [0, 0.1) is 6.92 Å². The van der Waals surface area contributed by atoms with E-state index in [2.05, 4.69) is 21.2 Å². The summed E-state index contributed by atoms with van der Waals surface area (Å²) in [6, 6.07) is 16.3. The van der Waals surface area contributed by atoms with Crippen LogP contribution in [0.3, 0.4) is 0 Å². The Morgan fingerprint density at radius 3 is 2.62 bits per heavy atom. The Bertz CT molecular complexity index is 1320. The van der Waals surface area contributed by atoms with Crippen molar-refractivity contribution in [3.05, 3.63) is 76.3 Å². The Kier molecular flexibility index (Phi) is 5.37. The second-order valence-corrected chi connectivity index (χ2v) is 9.18. The molecule has 5 amide bonds. The third-order valence-corrected chi connectivity index (χ3v) is 7.27. The van der Waals surface area contributed by atoms with Gasteiger partial charge in [0.25, 0.3) is 17.7 Å². The number of amides is 5. The largest absolute Gasteiger partial charge is 0.325 e. The van der Waals surface area contributed by atoms with Crippen molar-refractivity contribution in [1.82, 2.24) is 26.1 Å². The Labute approximate surface area is 199 Å². The van der Waals surface area contributed by atoms with Gasteiger partial charge in [-0.15, -0.1) is 11.3 Å².